The van der Waals surface area contributed by atoms with Gasteiger partial charge < -0.3 is 15.1 Å². The minimum atomic E-state index is -0.621. The van der Waals surface area contributed by atoms with Gasteiger partial charge in [-0.25, -0.2) is 5.48 Å². The number of hydroxylamine groups is 1. The molecule has 0 spiro atoms. The highest BCUT2D eigenvalue weighted by molar-refractivity contribution is 6.32. The van der Waals surface area contributed by atoms with Crippen molar-refractivity contribution in [2.45, 2.75) is 26.3 Å². The topological polar surface area (TPSA) is 110 Å². The largest absolute Gasteiger partial charge is 0.507 e. The lowest BCUT2D eigenvalue weighted by molar-refractivity contribution is 0.0704. The van der Waals surface area contributed by atoms with Gasteiger partial charge >= 0.3 is 0 Å². The monoisotopic (exact) mass is 392 g/mol. The fraction of sp³-hybridized carbons (Fsp3) is 0.263. The van der Waals surface area contributed by atoms with Gasteiger partial charge in [0, 0.05) is 24.7 Å². The Hall–Kier alpha value is -2.77. The van der Waals surface area contributed by atoms with Gasteiger partial charge in [-0.1, -0.05) is 37.1 Å². The maximum Gasteiger partial charge on any atom is 0.274 e. The lowest BCUT2D eigenvalue weighted by Crippen LogP contribution is -2.31. The Morgan fingerprint density at radius 1 is 1.11 bits per heavy atom. The van der Waals surface area contributed by atoms with Crippen LogP contribution in [-0.4, -0.2) is 38.7 Å². The Balaban J connectivity index is 2.25. The summed E-state index contributed by atoms with van der Waals surface area (Å²) in [4.78, 5) is 25.8. The van der Waals surface area contributed by atoms with Crippen molar-refractivity contribution in [3.05, 3.63) is 58.1 Å². The average molecular weight is 393 g/mol. The van der Waals surface area contributed by atoms with Crippen LogP contribution in [0.15, 0.2) is 36.4 Å². The van der Waals surface area contributed by atoms with Crippen LogP contribution in [0.3, 0.4) is 0 Å². The number of aromatic hydroxyl groups is 2. The van der Waals surface area contributed by atoms with E-state index in [2.05, 4.69) is 0 Å². The van der Waals surface area contributed by atoms with Gasteiger partial charge in [0.1, 0.15) is 11.5 Å². The molecule has 27 heavy (non-hydrogen) atoms. The van der Waals surface area contributed by atoms with E-state index in [0.717, 1.165) is 24.5 Å². The third-order valence-electron chi connectivity index (χ3n) is 4.06. The fourth-order valence-electron chi connectivity index (χ4n) is 2.54. The van der Waals surface area contributed by atoms with Crippen molar-refractivity contribution in [3.63, 3.8) is 0 Å². The second kappa shape index (κ2) is 9.25. The molecule has 2 aromatic rings. The zero-order chi connectivity index (χ0) is 20.0. The molecule has 8 heteroatoms. The average Bonchev–Trinajstić information content (AvgIpc) is 2.67. The van der Waals surface area contributed by atoms with Crippen molar-refractivity contribution in [2.24, 2.45) is 0 Å². The van der Waals surface area contributed by atoms with E-state index in [1.807, 2.05) is 6.92 Å². The first-order chi connectivity index (χ1) is 12.9. The van der Waals surface area contributed by atoms with Crippen LogP contribution in [0.2, 0.25) is 5.02 Å². The van der Waals surface area contributed by atoms with Gasteiger partial charge in [-0.15, -0.1) is 0 Å². The summed E-state index contributed by atoms with van der Waals surface area (Å²) in [7, 11) is 0. The zero-order valence-electron chi connectivity index (χ0n) is 14.8. The van der Waals surface area contributed by atoms with Crippen molar-refractivity contribution < 1.29 is 25.0 Å². The lowest BCUT2D eigenvalue weighted by atomic mass is 10.1. The Morgan fingerprint density at radius 3 is 2.37 bits per heavy atom. The molecule has 0 aliphatic rings. The van der Waals surface area contributed by atoms with Crippen LogP contribution in [0, 0.1) is 0 Å². The molecule has 2 amide bonds. The summed E-state index contributed by atoms with van der Waals surface area (Å²) in [5, 5.41) is 28.2. The van der Waals surface area contributed by atoms with Gasteiger partial charge in [0.2, 0.25) is 0 Å². The molecule has 0 radical (unpaired) electrons. The molecule has 0 atom stereocenters. The van der Waals surface area contributed by atoms with Crippen LogP contribution in [0.5, 0.6) is 11.5 Å². The second-order valence-corrected chi connectivity index (χ2v) is 6.45. The molecule has 0 aliphatic heterocycles. The number of phenols is 2. The molecular weight excluding hydrogens is 372 g/mol. The summed E-state index contributed by atoms with van der Waals surface area (Å²) < 4.78 is 0. The Kier molecular flexibility index (Phi) is 7.04. The van der Waals surface area contributed by atoms with E-state index in [-0.39, 0.29) is 34.2 Å². The van der Waals surface area contributed by atoms with Crippen molar-refractivity contribution in [2.75, 3.05) is 6.54 Å². The molecule has 2 aromatic carbocycles. The summed E-state index contributed by atoms with van der Waals surface area (Å²) >= 11 is 5.87. The van der Waals surface area contributed by atoms with E-state index in [0.29, 0.717) is 6.54 Å². The van der Waals surface area contributed by atoms with Gasteiger partial charge in [0.25, 0.3) is 11.8 Å². The number of nitrogens with one attached hydrogen (secondary N) is 1. The number of carbonyl (C=O) groups is 2. The molecule has 0 saturated heterocycles. The van der Waals surface area contributed by atoms with Crippen molar-refractivity contribution in [3.8, 4) is 11.5 Å². The molecule has 0 aromatic heterocycles. The Bertz CT molecular complexity index is 824. The van der Waals surface area contributed by atoms with Crippen molar-refractivity contribution in [1.29, 1.82) is 0 Å². The molecule has 144 valence electrons. The third-order valence-corrected chi connectivity index (χ3v) is 4.36. The van der Waals surface area contributed by atoms with Crippen LogP contribution in [0.4, 0.5) is 0 Å². The van der Waals surface area contributed by atoms with Crippen LogP contribution in [-0.2, 0) is 6.54 Å². The van der Waals surface area contributed by atoms with Gasteiger partial charge in [-0.2, -0.15) is 0 Å². The van der Waals surface area contributed by atoms with Crippen LogP contribution in [0.1, 0.15) is 46.0 Å². The van der Waals surface area contributed by atoms with Crippen LogP contribution in [0.25, 0.3) is 0 Å². The first kappa shape index (κ1) is 20.5. The van der Waals surface area contributed by atoms with Crippen LogP contribution < -0.4 is 5.48 Å². The highest BCUT2D eigenvalue weighted by Crippen LogP contribution is 2.32. The maximum absolute atomic E-state index is 12.9. The number of benzene rings is 2. The normalized spacial score (nSPS) is 10.5. The standard InChI is InChI=1S/C19H21ClN2O5/c1-2-3-8-22(11-12-4-6-13(7-5-12)18(25)21-27)19(26)14-9-15(20)17(24)10-16(14)23/h4-7,9-10,23-24,27H,2-3,8,11H2,1H3,(H,21,25). The minimum absolute atomic E-state index is 0.00480. The van der Waals surface area contributed by atoms with E-state index in [9.17, 15) is 19.8 Å². The Morgan fingerprint density at radius 2 is 1.78 bits per heavy atom. The fourth-order valence-corrected chi connectivity index (χ4v) is 2.70. The molecule has 0 aliphatic carbocycles. The summed E-state index contributed by atoms with van der Waals surface area (Å²) in [6.45, 7) is 2.73. The molecule has 0 fully saturated rings. The van der Waals surface area contributed by atoms with Gasteiger partial charge in [0.15, 0.2) is 0 Å². The van der Waals surface area contributed by atoms with Crippen molar-refractivity contribution >= 4 is 23.4 Å². The number of amides is 2. The summed E-state index contributed by atoms with van der Waals surface area (Å²) in [5.41, 5.74) is 2.63. The van der Waals surface area contributed by atoms with Crippen LogP contribution >= 0.6 is 11.6 Å². The molecular formula is C19H21ClN2O5. The SMILES string of the molecule is CCCCN(Cc1ccc(C(=O)NO)cc1)C(=O)c1cc(Cl)c(O)cc1O. The molecule has 0 unspecified atom stereocenters. The van der Waals surface area contributed by atoms with Gasteiger partial charge in [-0.3, -0.25) is 14.8 Å². The number of hydrogen-bond acceptors (Lipinski definition) is 5. The van der Waals surface area contributed by atoms with Gasteiger partial charge in [-0.05, 0) is 30.2 Å². The van der Waals surface area contributed by atoms with Crippen molar-refractivity contribution in [1.82, 2.24) is 10.4 Å². The number of hydrogen-bond donors (Lipinski definition) is 4. The minimum Gasteiger partial charge on any atom is -0.507 e. The number of rotatable bonds is 7. The number of nitrogens with zero attached hydrogens (tertiary/aromatic N) is 1. The molecule has 0 saturated carbocycles. The highest BCUT2D eigenvalue weighted by Gasteiger charge is 2.21. The number of unbranched alkanes of at least 4 members (excludes halogenated alkanes) is 1. The van der Waals surface area contributed by atoms with E-state index in [1.165, 1.54) is 18.2 Å². The summed E-state index contributed by atoms with van der Waals surface area (Å²) in [6, 6.07) is 8.72. The van der Waals surface area contributed by atoms with E-state index in [1.54, 1.807) is 22.5 Å². The highest BCUT2D eigenvalue weighted by atomic mass is 35.5. The maximum atomic E-state index is 12.9. The first-order valence-electron chi connectivity index (χ1n) is 8.41. The molecule has 2 rings (SSSR count). The molecule has 0 bridgehead atoms. The smallest absolute Gasteiger partial charge is 0.274 e. The predicted octanol–water partition coefficient (Wildman–Crippen LogP) is 3.31. The second-order valence-electron chi connectivity index (χ2n) is 6.04. The quantitative estimate of drug-likeness (QED) is 0.427. The Labute approximate surface area is 161 Å². The van der Waals surface area contributed by atoms with Gasteiger partial charge in [0.05, 0.1) is 10.6 Å². The summed E-state index contributed by atoms with van der Waals surface area (Å²) in [5.74, 6) is -1.69. The zero-order valence-corrected chi connectivity index (χ0v) is 15.5. The number of halogens is 1. The lowest BCUT2D eigenvalue weighted by Gasteiger charge is -2.23. The number of carbonyl (C=O) groups excluding carboxylic acids is 2. The third kappa shape index (κ3) is 5.12. The summed E-state index contributed by atoms with van der Waals surface area (Å²) in [6.07, 6.45) is 1.64. The molecule has 4 N–H and O–H groups in total. The number of phenolic OH excluding ortho intramolecular Hbond substituents is 2. The van der Waals surface area contributed by atoms with E-state index in [4.69, 9.17) is 16.8 Å². The molecule has 0 heterocycles. The van der Waals surface area contributed by atoms with E-state index < -0.39 is 11.8 Å². The van der Waals surface area contributed by atoms with E-state index >= 15 is 0 Å². The first-order valence-corrected chi connectivity index (χ1v) is 8.79. The predicted molar refractivity (Wildman–Crippen MR) is 100 cm³/mol. The molecule has 7 nitrogen and oxygen atoms in total.